The van der Waals surface area contributed by atoms with Crippen LogP contribution in [0.5, 0.6) is 0 Å². The van der Waals surface area contributed by atoms with E-state index in [1.165, 1.54) is 10.9 Å². The largest absolute Gasteiger partial charge is 0.331 e. The standard InChI is InChI=1S/C15H23N3S/c1-12(2)9-16-10-13-11-18(7-8-19-3)15-14(13)5-4-6-17-15/h4-6,11-12,16H,7-10H2,1-3H3. The van der Waals surface area contributed by atoms with Crippen LogP contribution >= 0.6 is 11.8 Å². The maximum atomic E-state index is 4.52. The van der Waals surface area contributed by atoms with Crippen molar-refractivity contribution < 1.29 is 0 Å². The van der Waals surface area contributed by atoms with Gasteiger partial charge in [-0.1, -0.05) is 13.8 Å². The molecule has 0 aromatic carbocycles. The fourth-order valence-electron chi connectivity index (χ4n) is 2.19. The molecule has 0 amide bonds. The van der Waals surface area contributed by atoms with Gasteiger partial charge in [-0.25, -0.2) is 4.98 Å². The molecular formula is C15H23N3S. The molecule has 0 atom stereocenters. The monoisotopic (exact) mass is 277 g/mol. The summed E-state index contributed by atoms with van der Waals surface area (Å²) in [5.74, 6) is 1.81. The molecule has 19 heavy (non-hydrogen) atoms. The Hall–Kier alpha value is -1.00. The second-order valence-electron chi connectivity index (χ2n) is 5.24. The molecule has 0 fully saturated rings. The third-order valence-corrected chi connectivity index (χ3v) is 3.71. The third-order valence-electron chi connectivity index (χ3n) is 3.12. The van der Waals surface area contributed by atoms with Gasteiger partial charge in [-0.05, 0) is 36.4 Å². The van der Waals surface area contributed by atoms with Crippen molar-refractivity contribution in [3.63, 3.8) is 0 Å². The molecule has 0 aliphatic heterocycles. The molecule has 0 spiro atoms. The molecule has 0 saturated heterocycles. The van der Waals surface area contributed by atoms with E-state index in [-0.39, 0.29) is 0 Å². The lowest BCUT2D eigenvalue weighted by Gasteiger charge is -2.06. The van der Waals surface area contributed by atoms with Crippen LogP contribution in [0.2, 0.25) is 0 Å². The number of aryl methyl sites for hydroxylation is 1. The molecule has 2 aromatic heterocycles. The van der Waals surface area contributed by atoms with Gasteiger partial charge in [0, 0.05) is 36.6 Å². The van der Waals surface area contributed by atoms with Gasteiger partial charge in [0.25, 0.3) is 0 Å². The predicted octanol–water partition coefficient (Wildman–Crippen LogP) is 3.14. The zero-order chi connectivity index (χ0) is 13.7. The number of thioether (sulfide) groups is 1. The summed E-state index contributed by atoms with van der Waals surface area (Å²) in [6.07, 6.45) is 6.27. The van der Waals surface area contributed by atoms with Crippen LogP contribution in [0.25, 0.3) is 11.0 Å². The highest BCUT2D eigenvalue weighted by molar-refractivity contribution is 7.98. The molecule has 0 saturated carbocycles. The zero-order valence-electron chi connectivity index (χ0n) is 12.0. The molecule has 0 aliphatic rings. The van der Waals surface area contributed by atoms with E-state index in [2.05, 4.69) is 47.2 Å². The fourth-order valence-corrected chi connectivity index (χ4v) is 2.57. The minimum Gasteiger partial charge on any atom is -0.331 e. The van der Waals surface area contributed by atoms with Crippen molar-refractivity contribution in [2.75, 3.05) is 18.6 Å². The molecular weight excluding hydrogens is 254 g/mol. The Bertz CT molecular complexity index is 519. The second-order valence-corrected chi connectivity index (χ2v) is 6.23. The molecule has 0 aliphatic carbocycles. The molecule has 0 bridgehead atoms. The van der Waals surface area contributed by atoms with Crippen molar-refractivity contribution in [1.82, 2.24) is 14.9 Å². The van der Waals surface area contributed by atoms with E-state index >= 15 is 0 Å². The van der Waals surface area contributed by atoms with E-state index < -0.39 is 0 Å². The number of hydrogen-bond acceptors (Lipinski definition) is 3. The molecule has 2 aromatic rings. The van der Waals surface area contributed by atoms with Crippen LogP contribution in [0, 0.1) is 5.92 Å². The average Bonchev–Trinajstić information content (AvgIpc) is 2.75. The molecule has 4 heteroatoms. The van der Waals surface area contributed by atoms with Crippen molar-refractivity contribution in [3.05, 3.63) is 30.1 Å². The normalized spacial score (nSPS) is 11.6. The highest BCUT2D eigenvalue weighted by Crippen LogP contribution is 2.19. The number of aromatic nitrogens is 2. The number of rotatable bonds is 7. The fraction of sp³-hybridized carbons (Fsp3) is 0.533. The van der Waals surface area contributed by atoms with Crippen LogP contribution in [0.1, 0.15) is 19.4 Å². The highest BCUT2D eigenvalue weighted by atomic mass is 32.2. The van der Waals surface area contributed by atoms with Crippen LogP contribution in [-0.4, -0.2) is 28.1 Å². The molecule has 0 unspecified atom stereocenters. The minimum absolute atomic E-state index is 0.683. The first-order valence-corrected chi connectivity index (χ1v) is 8.24. The van der Waals surface area contributed by atoms with Gasteiger partial charge in [0.1, 0.15) is 5.65 Å². The van der Waals surface area contributed by atoms with Gasteiger partial charge in [-0.3, -0.25) is 0 Å². The predicted molar refractivity (Wildman–Crippen MR) is 84.7 cm³/mol. The third kappa shape index (κ3) is 3.74. The van der Waals surface area contributed by atoms with E-state index in [4.69, 9.17) is 0 Å². The number of nitrogens with zero attached hydrogens (tertiary/aromatic N) is 2. The van der Waals surface area contributed by atoms with Crippen LogP contribution in [-0.2, 0) is 13.1 Å². The lowest BCUT2D eigenvalue weighted by molar-refractivity contribution is 0.553. The molecule has 2 rings (SSSR count). The van der Waals surface area contributed by atoms with Gasteiger partial charge < -0.3 is 9.88 Å². The van der Waals surface area contributed by atoms with Gasteiger partial charge in [0.15, 0.2) is 0 Å². The first-order chi connectivity index (χ1) is 9.22. The topological polar surface area (TPSA) is 29.9 Å². The Morgan fingerprint density at radius 2 is 2.26 bits per heavy atom. The quantitative estimate of drug-likeness (QED) is 0.843. The summed E-state index contributed by atoms with van der Waals surface area (Å²) in [7, 11) is 0. The number of nitrogens with one attached hydrogen (secondary N) is 1. The van der Waals surface area contributed by atoms with Crippen molar-refractivity contribution in [2.45, 2.75) is 26.9 Å². The SMILES string of the molecule is CSCCn1cc(CNCC(C)C)c2cccnc21. The van der Waals surface area contributed by atoms with Gasteiger partial charge in [0.05, 0.1) is 0 Å². The number of hydrogen-bond donors (Lipinski definition) is 1. The maximum Gasteiger partial charge on any atom is 0.140 e. The summed E-state index contributed by atoms with van der Waals surface area (Å²) in [6.45, 7) is 7.47. The van der Waals surface area contributed by atoms with E-state index in [0.717, 1.165) is 31.0 Å². The van der Waals surface area contributed by atoms with E-state index in [1.807, 2.05) is 24.0 Å². The zero-order valence-corrected chi connectivity index (χ0v) is 12.8. The average molecular weight is 277 g/mol. The highest BCUT2D eigenvalue weighted by Gasteiger charge is 2.08. The van der Waals surface area contributed by atoms with Gasteiger partial charge in [0.2, 0.25) is 0 Å². The van der Waals surface area contributed by atoms with E-state index in [0.29, 0.717) is 5.92 Å². The molecule has 0 radical (unpaired) electrons. The van der Waals surface area contributed by atoms with E-state index in [1.54, 1.807) is 0 Å². The Morgan fingerprint density at radius 3 is 3.00 bits per heavy atom. The van der Waals surface area contributed by atoms with Crippen LogP contribution in [0.3, 0.4) is 0 Å². The maximum absolute atomic E-state index is 4.52. The number of pyridine rings is 1. The first kappa shape index (κ1) is 14.4. The second kappa shape index (κ2) is 6.96. The Balaban J connectivity index is 2.18. The lowest BCUT2D eigenvalue weighted by Crippen LogP contribution is -2.18. The van der Waals surface area contributed by atoms with Crippen LogP contribution in [0.15, 0.2) is 24.5 Å². The lowest BCUT2D eigenvalue weighted by atomic mass is 10.2. The van der Waals surface area contributed by atoms with Crippen molar-refractivity contribution in [1.29, 1.82) is 0 Å². The Labute approximate surface area is 119 Å². The van der Waals surface area contributed by atoms with Crippen molar-refractivity contribution >= 4 is 22.8 Å². The molecule has 104 valence electrons. The van der Waals surface area contributed by atoms with Crippen molar-refractivity contribution in [3.8, 4) is 0 Å². The first-order valence-electron chi connectivity index (χ1n) is 6.84. The summed E-state index contributed by atoms with van der Waals surface area (Å²) < 4.78 is 2.28. The van der Waals surface area contributed by atoms with Gasteiger partial charge in [-0.2, -0.15) is 11.8 Å². The van der Waals surface area contributed by atoms with Crippen molar-refractivity contribution in [2.24, 2.45) is 5.92 Å². The van der Waals surface area contributed by atoms with Gasteiger partial charge in [-0.15, -0.1) is 0 Å². The summed E-state index contributed by atoms with van der Waals surface area (Å²) in [5, 5.41) is 4.79. The minimum atomic E-state index is 0.683. The summed E-state index contributed by atoms with van der Waals surface area (Å²) >= 11 is 1.87. The van der Waals surface area contributed by atoms with Gasteiger partial charge >= 0.3 is 0 Å². The summed E-state index contributed by atoms with van der Waals surface area (Å²) in [5.41, 5.74) is 2.46. The van der Waals surface area contributed by atoms with E-state index in [9.17, 15) is 0 Å². The Morgan fingerprint density at radius 1 is 1.42 bits per heavy atom. The van der Waals surface area contributed by atoms with Crippen LogP contribution < -0.4 is 5.32 Å². The molecule has 2 heterocycles. The smallest absolute Gasteiger partial charge is 0.140 e. The molecule has 3 nitrogen and oxygen atoms in total. The molecule has 1 N–H and O–H groups in total. The summed E-state index contributed by atoms with van der Waals surface area (Å²) in [4.78, 5) is 4.52. The summed E-state index contributed by atoms with van der Waals surface area (Å²) in [6, 6.07) is 4.19. The van der Waals surface area contributed by atoms with Crippen LogP contribution in [0.4, 0.5) is 0 Å². The Kier molecular flexibility index (Phi) is 5.28. The number of fused-ring (bicyclic) bond motifs is 1.